The van der Waals surface area contributed by atoms with Gasteiger partial charge in [0.15, 0.2) is 0 Å². The monoisotopic (exact) mass is 263 g/mol. The topological polar surface area (TPSA) is 42.2 Å². The third kappa shape index (κ3) is 3.14. The van der Waals surface area contributed by atoms with Crippen LogP contribution in [0.4, 0.5) is 5.69 Å². The molecule has 18 heavy (non-hydrogen) atoms. The van der Waals surface area contributed by atoms with Crippen LogP contribution >= 0.6 is 11.6 Å². The minimum absolute atomic E-state index is 0.0447. The Kier molecular flexibility index (Phi) is 4.05. The molecule has 3 nitrogen and oxygen atoms in total. The Morgan fingerprint density at radius 3 is 2.89 bits per heavy atom. The summed E-state index contributed by atoms with van der Waals surface area (Å²) in [7, 11) is 0. The molecule has 0 radical (unpaired) electrons. The second-order valence-electron chi connectivity index (χ2n) is 4.04. The number of nitrogens with one attached hydrogen (secondary N) is 1. The molecule has 1 aromatic carbocycles. The maximum atomic E-state index is 11.8. The van der Waals surface area contributed by atoms with Gasteiger partial charge in [0.05, 0.1) is 6.26 Å². The van der Waals surface area contributed by atoms with Gasteiger partial charge in [-0.05, 0) is 36.8 Å². The van der Waals surface area contributed by atoms with Crippen LogP contribution in [-0.2, 0) is 11.2 Å². The van der Waals surface area contributed by atoms with E-state index in [0.717, 1.165) is 17.0 Å². The van der Waals surface area contributed by atoms with E-state index in [1.54, 1.807) is 12.3 Å². The minimum Gasteiger partial charge on any atom is -0.469 e. The molecule has 1 amide bonds. The lowest BCUT2D eigenvalue weighted by Gasteiger charge is -2.08. The summed E-state index contributed by atoms with van der Waals surface area (Å²) in [4.78, 5) is 11.8. The summed E-state index contributed by atoms with van der Waals surface area (Å²) in [5.74, 6) is 0.768. The standard InChI is InChI=1S/C14H14ClNO2/c1-10-12(15)5-2-6-13(10)16-14(17)8-7-11-4-3-9-18-11/h2-6,9H,7-8H2,1H3,(H,16,17). The van der Waals surface area contributed by atoms with Crippen molar-refractivity contribution < 1.29 is 9.21 Å². The average molecular weight is 264 g/mol. The third-order valence-corrected chi connectivity index (χ3v) is 3.13. The van der Waals surface area contributed by atoms with E-state index >= 15 is 0 Å². The molecule has 2 aromatic rings. The van der Waals surface area contributed by atoms with Crippen molar-refractivity contribution >= 4 is 23.2 Å². The first-order chi connectivity index (χ1) is 8.66. The first-order valence-electron chi connectivity index (χ1n) is 5.74. The Morgan fingerprint density at radius 2 is 2.17 bits per heavy atom. The van der Waals surface area contributed by atoms with Gasteiger partial charge in [0, 0.05) is 23.6 Å². The van der Waals surface area contributed by atoms with Crippen LogP contribution in [-0.4, -0.2) is 5.91 Å². The van der Waals surface area contributed by atoms with Crippen molar-refractivity contribution in [3.05, 3.63) is 52.9 Å². The molecule has 0 saturated carbocycles. The Hall–Kier alpha value is -1.74. The second-order valence-corrected chi connectivity index (χ2v) is 4.45. The lowest BCUT2D eigenvalue weighted by molar-refractivity contribution is -0.116. The molecule has 1 heterocycles. The summed E-state index contributed by atoms with van der Waals surface area (Å²) >= 11 is 5.99. The van der Waals surface area contributed by atoms with Crippen molar-refractivity contribution in [2.75, 3.05) is 5.32 Å². The molecule has 0 aliphatic carbocycles. The third-order valence-electron chi connectivity index (χ3n) is 2.72. The van der Waals surface area contributed by atoms with Gasteiger partial charge in [0.25, 0.3) is 0 Å². The van der Waals surface area contributed by atoms with E-state index < -0.39 is 0 Å². The molecule has 94 valence electrons. The van der Waals surface area contributed by atoms with Crippen LogP contribution in [0.5, 0.6) is 0 Å². The fourth-order valence-corrected chi connectivity index (χ4v) is 1.82. The maximum absolute atomic E-state index is 11.8. The fourth-order valence-electron chi connectivity index (χ4n) is 1.65. The summed E-state index contributed by atoms with van der Waals surface area (Å²) in [6.07, 6.45) is 2.59. The second kappa shape index (κ2) is 5.74. The van der Waals surface area contributed by atoms with Crippen LogP contribution < -0.4 is 5.32 Å². The lowest BCUT2D eigenvalue weighted by Crippen LogP contribution is -2.13. The molecule has 0 spiro atoms. The van der Waals surface area contributed by atoms with Crippen molar-refractivity contribution in [2.24, 2.45) is 0 Å². The molecule has 0 unspecified atom stereocenters. The molecule has 1 N–H and O–H groups in total. The zero-order chi connectivity index (χ0) is 13.0. The quantitative estimate of drug-likeness (QED) is 0.911. The number of benzene rings is 1. The molecule has 0 saturated heterocycles. The molecule has 2 rings (SSSR count). The summed E-state index contributed by atoms with van der Waals surface area (Å²) in [6.45, 7) is 1.88. The number of halogens is 1. The highest BCUT2D eigenvalue weighted by Crippen LogP contribution is 2.23. The number of hydrogen-bond donors (Lipinski definition) is 1. The van der Waals surface area contributed by atoms with Gasteiger partial charge in [-0.1, -0.05) is 17.7 Å². The smallest absolute Gasteiger partial charge is 0.224 e. The summed E-state index contributed by atoms with van der Waals surface area (Å²) in [5, 5.41) is 3.50. The van der Waals surface area contributed by atoms with Crippen molar-refractivity contribution in [1.29, 1.82) is 0 Å². The molecule has 0 bridgehead atoms. The molecule has 0 aliphatic rings. The Bertz CT molecular complexity index is 535. The highest BCUT2D eigenvalue weighted by Gasteiger charge is 2.07. The number of aryl methyl sites for hydroxylation is 1. The van der Waals surface area contributed by atoms with E-state index in [1.807, 2.05) is 31.2 Å². The largest absolute Gasteiger partial charge is 0.469 e. The Morgan fingerprint density at radius 1 is 1.33 bits per heavy atom. The minimum atomic E-state index is -0.0447. The first kappa shape index (κ1) is 12.7. The molecule has 0 fully saturated rings. The average Bonchev–Trinajstić information content (AvgIpc) is 2.86. The van der Waals surface area contributed by atoms with E-state index in [9.17, 15) is 4.79 Å². The van der Waals surface area contributed by atoms with Gasteiger partial charge in [0.1, 0.15) is 5.76 Å². The molecule has 0 atom stereocenters. The van der Waals surface area contributed by atoms with Crippen molar-refractivity contribution in [3.8, 4) is 0 Å². The number of carbonyl (C=O) groups is 1. The fraction of sp³-hybridized carbons (Fsp3) is 0.214. The normalized spacial score (nSPS) is 10.3. The van der Waals surface area contributed by atoms with Gasteiger partial charge in [-0.3, -0.25) is 4.79 Å². The van der Waals surface area contributed by atoms with Crippen LogP contribution in [0.1, 0.15) is 17.7 Å². The summed E-state index contributed by atoms with van der Waals surface area (Å²) < 4.78 is 5.18. The van der Waals surface area contributed by atoms with E-state index in [1.165, 1.54) is 0 Å². The van der Waals surface area contributed by atoms with Crippen molar-refractivity contribution in [2.45, 2.75) is 19.8 Å². The SMILES string of the molecule is Cc1c(Cl)cccc1NC(=O)CCc1ccco1. The predicted octanol–water partition coefficient (Wildman–Crippen LogP) is 3.81. The van der Waals surface area contributed by atoms with E-state index in [4.69, 9.17) is 16.0 Å². The predicted molar refractivity (Wildman–Crippen MR) is 71.8 cm³/mol. The summed E-state index contributed by atoms with van der Waals surface area (Å²) in [5.41, 5.74) is 1.64. The van der Waals surface area contributed by atoms with Crippen LogP contribution in [0.2, 0.25) is 5.02 Å². The van der Waals surface area contributed by atoms with E-state index in [-0.39, 0.29) is 5.91 Å². The Balaban J connectivity index is 1.93. The van der Waals surface area contributed by atoms with Crippen LogP contribution in [0.25, 0.3) is 0 Å². The number of anilines is 1. The van der Waals surface area contributed by atoms with E-state index in [0.29, 0.717) is 17.9 Å². The molecule has 1 aromatic heterocycles. The van der Waals surface area contributed by atoms with Gasteiger partial charge in [-0.25, -0.2) is 0 Å². The Labute approximate surface area is 111 Å². The van der Waals surface area contributed by atoms with Gasteiger partial charge < -0.3 is 9.73 Å². The molecule has 4 heteroatoms. The maximum Gasteiger partial charge on any atom is 0.224 e. The number of hydrogen-bond acceptors (Lipinski definition) is 2. The highest BCUT2D eigenvalue weighted by atomic mass is 35.5. The van der Waals surface area contributed by atoms with Crippen LogP contribution in [0.3, 0.4) is 0 Å². The molecular formula is C14H14ClNO2. The van der Waals surface area contributed by atoms with Gasteiger partial charge in [-0.2, -0.15) is 0 Å². The van der Waals surface area contributed by atoms with Crippen LogP contribution in [0, 0.1) is 6.92 Å². The van der Waals surface area contributed by atoms with Crippen LogP contribution in [0.15, 0.2) is 41.0 Å². The number of amides is 1. The highest BCUT2D eigenvalue weighted by molar-refractivity contribution is 6.31. The molecule has 0 aliphatic heterocycles. The van der Waals surface area contributed by atoms with Crippen molar-refractivity contribution in [1.82, 2.24) is 0 Å². The van der Waals surface area contributed by atoms with Gasteiger partial charge >= 0.3 is 0 Å². The number of rotatable bonds is 4. The zero-order valence-corrected chi connectivity index (χ0v) is 10.8. The van der Waals surface area contributed by atoms with E-state index in [2.05, 4.69) is 5.32 Å². The number of carbonyl (C=O) groups excluding carboxylic acids is 1. The molecular weight excluding hydrogens is 250 g/mol. The lowest BCUT2D eigenvalue weighted by atomic mass is 10.2. The zero-order valence-electron chi connectivity index (χ0n) is 10.1. The first-order valence-corrected chi connectivity index (χ1v) is 6.12. The number of furan rings is 1. The van der Waals surface area contributed by atoms with Gasteiger partial charge in [0.2, 0.25) is 5.91 Å². The van der Waals surface area contributed by atoms with Gasteiger partial charge in [-0.15, -0.1) is 0 Å². The summed E-state index contributed by atoms with van der Waals surface area (Å²) in [6, 6.07) is 9.13. The van der Waals surface area contributed by atoms with Crippen molar-refractivity contribution in [3.63, 3.8) is 0 Å².